The van der Waals surface area contributed by atoms with Crippen LogP contribution in [0.15, 0.2) is 42.2 Å². The molecule has 3 aromatic heterocycles. The first kappa shape index (κ1) is 15.0. The summed E-state index contributed by atoms with van der Waals surface area (Å²) in [4.78, 5) is 16.0. The summed E-state index contributed by atoms with van der Waals surface area (Å²) in [5.74, 6) is 0.923. The number of benzene rings is 1. The molecule has 1 aliphatic rings. The third-order valence-corrected chi connectivity index (χ3v) is 6.60. The van der Waals surface area contributed by atoms with Gasteiger partial charge in [0.05, 0.1) is 5.39 Å². The third-order valence-electron chi connectivity index (χ3n) is 4.58. The van der Waals surface area contributed by atoms with Gasteiger partial charge in [-0.1, -0.05) is 0 Å². The molecule has 124 valence electrons. The first-order valence-electron chi connectivity index (χ1n) is 8.41. The molecule has 1 N–H and O–H groups in total. The molecular formula is C19H16N4S2. The predicted molar refractivity (Wildman–Crippen MR) is 105 cm³/mol. The van der Waals surface area contributed by atoms with Gasteiger partial charge in [0.15, 0.2) is 0 Å². The quantitative estimate of drug-likeness (QED) is 0.526. The Morgan fingerprint density at radius 2 is 1.84 bits per heavy atom. The molecule has 1 aromatic carbocycles. The van der Waals surface area contributed by atoms with Crippen molar-refractivity contribution in [2.24, 2.45) is 0 Å². The molecule has 0 fully saturated rings. The zero-order valence-corrected chi connectivity index (χ0v) is 15.2. The SMILES string of the molecule is c1csc(-c2ccc(Nc3ncnc4sc5c(c34)CCCC5)cc2)n1. The normalized spacial score (nSPS) is 13.8. The molecule has 0 unspecified atom stereocenters. The van der Waals surface area contributed by atoms with Gasteiger partial charge in [-0.15, -0.1) is 22.7 Å². The molecule has 3 heterocycles. The summed E-state index contributed by atoms with van der Waals surface area (Å²) in [7, 11) is 0. The van der Waals surface area contributed by atoms with Crippen molar-refractivity contribution in [2.75, 3.05) is 5.32 Å². The molecule has 0 saturated heterocycles. The minimum Gasteiger partial charge on any atom is -0.340 e. The fraction of sp³-hybridized carbons (Fsp3) is 0.211. The second-order valence-electron chi connectivity index (χ2n) is 6.15. The zero-order chi connectivity index (χ0) is 16.6. The van der Waals surface area contributed by atoms with Crippen molar-refractivity contribution in [1.29, 1.82) is 0 Å². The number of aromatic nitrogens is 3. The average molecular weight is 364 g/mol. The van der Waals surface area contributed by atoms with Crippen LogP contribution in [-0.4, -0.2) is 15.0 Å². The summed E-state index contributed by atoms with van der Waals surface area (Å²) in [6, 6.07) is 8.37. The highest BCUT2D eigenvalue weighted by Gasteiger charge is 2.19. The van der Waals surface area contributed by atoms with E-state index in [4.69, 9.17) is 0 Å². The van der Waals surface area contributed by atoms with Gasteiger partial charge in [-0.2, -0.15) is 0 Å². The monoisotopic (exact) mass is 364 g/mol. The summed E-state index contributed by atoms with van der Waals surface area (Å²) in [5.41, 5.74) is 3.63. The molecule has 5 rings (SSSR count). The molecule has 25 heavy (non-hydrogen) atoms. The average Bonchev–Trinajstić information content (AvgIpc) is 3.30. The van der Waals surface area contributed by atoms with Crippen LogP contribution in [0.3, 0.4) is 0 Å². The number of fused-ring (bicyclic) bond motifs is 3. The molecule has 0 amide bonds. The number of rotatable bonds is 3. The van der Waals surface area contributed by atoms with E-state index in [-0.39, 0.29) is 0 Å². The van der Waals surface area contributed by atoms with Gasteiger partial charge in [0, 0.05) is 27.7 Å². The number of hydrogen-bond acceptors (Lipinski definition) is 6. The summed E-state index contributed by atoms with van der Waals surface area (Å²) in [6.07, 6.45) is 8.36. The molecule has 0 radical (unpaired) electrons. The highest BCUT2D eigenvalue weighted by molar-refractivity contribution is 7.19. The maximum Gasteiger partial charge on any atom is 0.142 e. The van der Waals surface area contributed by atoms with E-state index in [0.717, 1.165) is 33.3 Å². The fourth-order valence-electron chi connectivity index (χ4n) is 3.38. The largest absolute Gasteiger partial charge is 0.340 e. The van der Waals surface area contributed by atoms with Gasteiger partial charge in [0.1, 0.15) is 22.0 Å². The van der Waals surface area contributed by atoms with Crippen molar-refractivity contribution in [1.82, 2.24) is 15.0 Å². The summed E-state index contributed by atoms with van der Waals surface area (Å²) >= 11 is 3.48. The van der Waals surface area contributed by atoms with Gasteiger partial charge >= 0.3 is 0 Å². The van der Waals surface area contributed by atoms with Crippen LogP contribution in [-0.2, 0) is 12.8 Å². The van der Waals surface area contributed by atoms with E-state index in [1.807, 2.05) is 22.9 Å². The lowest BCUT2D eigenvalue weighted by Gasteiger charge is -2.12. The van der Waals surface area contributed by atoms with Crippen LogP contribution in [0, 0.1) is 0 Å². The van der Waals surface area contributed by atoms with Crippen LogP contribution < -0.4 is 5.32 Å². The van der Waals surface area contributed by atoms with Gasteiger partial charge in [-0.3, -0.25) is 0 Å². The van der Waals surface area contributed by atoms with Crippen LogP contribution in [0.4, 0.5) is 11.5 Å². The Bertz CT molecular complexity index is 1020. The molecule has 0 aliphatic heterocycles. The Kier molecular flexibility index (Phi) is 3.72. The topological polar surface area (TPSA) is 50.7 Å². The van der Waals surface area contributed by atoms with Crippen molar-refractivity contribution in [3.63, 3.8) is 0 Å². The molecule has 1 aliphatic carbocycles. The smallest absolute Gasteiger partial charge is 0.142 e. The number of nitrogens with one attached hydrogen (secondary N) is 1. The molecule has 0 spiro atoms. The van der Waals surface area contributed by atoms with Gasteiger partial charge in [0.2, 0.25) is 0 Å². The minimum absolute atomic E-state index is 0.923. The van der Waals surface area contributed by atoms with E-state index >= 15 is 0 Å². The Hall–Kier alpha value is -2.31. The Morgan fingerprint density at radius 3 is 2.68 bits per heavy atom. The van der Waals surface area contributed by atoms with Gasteiger partial charge in [0.25, 0.3) is 0 Å². The maximum absolute atomic E-state index is 4.53. The van der Waals surface area contributed by atoms with Crippen LogP contribution >= 0.6 is 22.7 Å². The molecule has 0 bridgehead atoms. The van der Waals surface area contributed by atoms with Gasteiger partial charge < -0.3 is 5.32 Å². The van der Waals surface area contributed by atoms with E-state index < -0.39 is 0 Å². The molecule has 0 saturated carbocycles. The highest BCUT2D eigenvalue weighted by atomic mass is 32.1. The third kappa shape index (κ3) is 2.71. The van der Waals surface area contributed by atoms with Crippen molar-refractivity contribution in [2.45, 2.75) is 25.7 Å². The molecule has 4 aromatic rings. The van der Waals surface area contributed by atoms with Gasteiger partial charge in [-0.25, -0.2) is 15.0 Å². The number of hydrogen-bond donors (Lipinski definition) is 1. The predicted octanol–water partition coefficient (Wildman–Crippen LogP) is 5.44. The molecule has 6 heteroatoms. The number of nitrogens with zero attached hydrogens (tertiary/aromatic N) is 3. The number of anilines is 2. The standard InChI is InChI=1S/C19H16N4S2/c1-2-4-15-14(3-1)16-17(21-11-22-19(16)25-15)23-13-7-5-12(6-8-13)18-20-9-10-24-18/h5-11H,1-4H2,(H,21,22,23). The van der Waals surface area contributed by atoms with Crippen LogP contribution in [0.25, 0.3) is 20.8 Å². The van der Waals surface area contributed by atoms with E-state index in [9.17, 15) is 0 Å². The van der Waals surface area contributed by atoms with E-state index in [1.165, 1.54) is 35.1 Å². The maximum atomic E-state index is 4.53. The van der Waals surface area contributed by atoms with E-state index in [2.05, 4.69) is 44.5 Å². The Balaban J connectivity index is 1.51. The van der Waals surface area contributed by atoms with Crippen molar-refractivity contribution < 1.29 is 0 Å². The number of thiophene rings is 1. The lowest BCUT2D eigenvalue weighted by molar-refractivity contribution is 0.700. The number of thiazole rings is 1. The van der Waals surface area contributed by atoms with Crippen LogP contribution in [0.2, 0.25) is 0 Å². The second-order valence-corrected chi connectivity index (χ2v) is 8.13. The zero-order valence-electron chi connectivity index (χ0n) is 13.5. The second kappa shape index (κ2) is 6.20. The lowest BCUT2D eigenvalue weighted by Crippen LogP contribution is -2.01. The first-order valence-corrected chi connectivity index (χ1v) is 10.1. The van der Waals surface area contributed by atoms with Crippen molar-refractivity contribution in [3.8, 4) is 10.6 Å². The molecule has 0 atom stereocenters. The van der Waals surface area contributed by atoms with Crippen LogP contribution in [0.1, 0.15) is 23.3 Å². The molecular weight excluding hydrogens is 348 g/mol. The number of aryl methyl sites for hydroxylation is 2. The summed E-state index contributed by atoms with van der Waals surface area (Å²) in [6.45, 7) is 0. The van der Waals surface area contributed by atoms with E-state index in [0.29, 0.717) is 0 Å². The van der Waals surface area contributed by atoms with Crippen LogP contribution in [0.5, 0.6) is 0 Å². The first-order chi connectivity index (χ1) is 12.4. The van der Waals surface area contributed by atoms with Crippen molar-refractivity contribution >= 4 is 44.4 Å². The van der Waals surface area contributed by atoms with E-state index in [1.54, 1.807) is 17.7 Å². The van der Waals surface area contributed by atoms with Gasteiger partial charge in [-0.05, 0) is 55.5 Å². The van der Waals surface area contributed by atoms with Crippen molar-refractivity contribution in [3.05, 3.63) is 52.6 Å². The minimum atomic E-state index is 0.923. The molecule has 4 nitrogen and oxygen atoms in total. The Labute approximate surface area is 153 Å². The lowest BCUT2D eigenvalue weighted by atomic mass is 9.97. The summed E-state index contributed by atoms with van der Waals surface area (Å²) < 4.78 is 0. The Morgan fingerprint density at radius 1 is 0.960 bits per heavy atom. The summed E-state index contributed by atoms with van der Waals surface area (Å²) in [5, 5.41) is 7.75. The highest BCUT2D eigenvalue weighted by Crippen LogP contribution is 2.39. The fourth-order valence-corrected chi connectivity index (χ4v) is 5.26.